The van der Waals surface area contributed by atoms with E-state index in [1.165, 1.54) is 6.07 Å². The van der Waals surface area contributed by atoms with E-state index in [2.05, 4.69) is 5.32 Å². The minimum Gasteiger partial charge on any atom is -0.384 e. The number of ether oxygens (including phenoxy) is 1. The van der Waals surface area contributed by atoms with Crippen molar-refractivity contribution in [2.75, 3.05) is 18.5 Å². The normalized spacial score (nSPS) is 22.6. The van der Waals surface area contributed by atoms with Crippen LogP contribution in [0.3, 0.4) is 0 Å². The van der Waals surface area contributed by atoms with E-state index in [1.807, 2.05) is 6.92 Å². The third-order valence-electron chi connectivity index (χ3n) is 3.56. The number of nitrogens with one attached hydrogen (secondary N) is 1. The molecule has 0 aromatic heterocycles. The van der Waals surface area contributed by atoms with Crippen LogP contribution in [-0.2, 0) is 10.9 Å². The van der Waals surface area contributed by atoms with Gasteiger partial charge in [0, 0.05) is 19.1 Å². The summed E-state index contributed by atoms with van der Waals surface area (Å²) in [6.07, 6.45) is -3.39. The summed E-state index contributed by atoms with van der Waals surface area (Å²) < 4.78 is 43.1. The van der Waals surface area contributed by atoms with E-state index in [4.69, 9.17) is 10.00 Å². The maximum atomic E-state index is 12.6. The molecule has 0 aliphatic carbocycles. The molecular weight excluding hydrogens is 269 g/mol. The van der Waals surface area contributed by atoms with Crippen molar-refractivity contribution < 1.29 is 17.9 Å². The summed E-state index contributed by atoms with van der Waals surface area (Å²) in [6, 6.07) is 4.96. The molecule has 1 aromatic carbocycles. The number of nitrogens with zero attached hydrogens (tertiary/aromatic N) is 1. The zero-order valence-corrected chi connectivity index (χ0v) is 11.0. The number of benzene rings is 1. The molecule has 1 heterocycles. The highest BCUT2D eigenvalue weighted by Crippen LogP contribution is 2.32. The van der Waals surface area contributed by atoms with E-state index in [1.54, 1.807) is 6.07 Å². The van der Waals surface area contributed by atoms with E-state index < -0.39 is 11.7 Å². The molecule has 3 nitrogen and oxygen atoms in total. The summed E-state index contributed by atoms with van der Waals surface area (Å²) in [7, 11) is 0. The number of alkyl halides is 3. The van der Waals surface area contributed by atoms with Crippen LogP contribution in [0, 0.1) is 17.2 Å². The molecule has 20 heavy (non-hydrogen) atoms. The lowest BCUT2D eigenvalue weighted by Crippen LogP contribution is -2.21. The molecule has 1 saturated heterocycles. The van der Waals surface area contributed by atoms with Crippen LogP contribution in [0.1, 0.15) is 24.5 Å². The van der Waals surface area contributed by atoms with Crippen molar-refractivity contribution in [1.29, 1.82) is 5.26 Å². The van der Waals surface area contributed by atoms with E-state index in [0.717, 1.165) is 18.6 Å². The van der Waals surface area contributed by atoms with E-state index in [-0.39, 0.29) is 11.7 Å². The Morgan fingerprint density at radius 3 is 2.75 bits per heavy atom. The molecule has 0 spiro atoms. The van der Waals surface area contributed by atoms with Crippen LogP contribution in [0.4, 0.5) is 18.9 Å². The molecule has 1 N–H and O–H groups in total. The van der Waals surface area contributed by atoms with Crippen molar-refractivity contribution in [1.82, 2.24) is 0 Å². The molecule has 1 aliphatic heterocycles. The fourth-order valence-electron chi connectivity index (χ4n) is 2.25. The summed E-state index contributed by atoms with van der Waals surface area (Å²) in [5.41, 5.74) is -0.372. The lowest BCUT2D eigenvalue weighted by molar-refractivity contribution is -0.137. The Labute approximate surface area is 115 Å². The summed E-state index contributed by atoms with van der Waals surface area (Å²) in [6.45, 7) is 3.25. The predicted octanol–water partition coefficient (Wildman–Crippen LogP) is 3.41. The van der Waals surface area contributed by atoms with Crippen LogP contribution >= 0.6 is 0 Å². The first-order valence-electron chi connectivity index (χ1n) is 6.38. The highest BCUT2D eigenvalue weighted by molar-refractivity contribution is 5.59. The summed E-state index contributed by atoms with van der Waals surface area (Å²) in [4.78, 5) is 0. The van der Waals surface area contributed by atoms with Gasteiger partial charge in [-0.2, -0.15) is 18.4 Å². The Balaban J connectivity index is 2.10. The van der Waals surface area contributed by atoms with Gasteiger partial charge in [-0.25, -0.2) is 0 Å². The third kappa shape index (κ3) is 3.23. The average Bonchev–Trinajstić information content (AvgIpc) is 2.80. The Bertz CT molecular complexity index is 522. The molecule has 6 heteroatoms. The highest BCUT2D eigenvalue weighted by Gasteiger charge is 2.31. The molecule has 2 rings (SSSR count). The van der Waals surface area contributed by atoms with Crippen molar-refractivity contribution in [3.05, 3.63) is 29.3 Å². The third-order valence-corrected chi connectivity index (χ3v) is 3.56. The second kappa shape index (κ2) is 5.71. The molecule has 0 amide bonds. The van der Waals surface area contributed by atoms with E-state index in [9.17, 15) is 13.2 Å². The SMILES string of the molecule is CC1OCCC1CNc1ccc(C(F)(F)F)cc1C#N. The van der Waals surface area contributed by atoms with Crippen molar-refractivity contribution in [2.24, 2.45) is 5.92 Å². The first kappa shape index (κ1) is 14.7. The first-order chi connectivity index (χ1) is 9.41. The first-order valence-corrected chi connectivity index (χ1v) is 6.38. The molecular formula is C14H15F3N2O. The highest BCUT2D eigenvalue weighted by atomic mass is 19.4. The van der Waals surface area contributed by atoms with Gasteiger partial charge in [-0.15, -0.1) is 0 Å². The summed E-state index contributed by atoms with van der Waals surface area (Å²) in [5.74, 6) is 0.309. The number of nitriles is 1. The monoisotopic (exact) mass is 284 g/mol. The molecule has 0 bridgehead atoms. The number of halogens is 3. The zero-order chi connectivity index (χ0) is 14.8. The van der Waals surface area contributed by atoms with Gasteiger partial charge in [-0.3, -0.25) is 0 Å². The number of hydrogen-bond donors (Lipinski definition) is 1. The summed E-state index contributed by atoms with van der Waals surface area (Å²) in [5, 5.41) is 12.0. The van der Waals surface area contributed by atoms with Gasteiger partial charge in [0.2, 0.25) is 0 Å². The van der Waals surface area contributed by atoms with Crippen molar-refractivity contribution in [3.63, 3.8) is 0 Å². The molecule has 0 radical (unpaired) electrons. The van der Waals surface area contributed by atoms with E-state index >= 15 is 0 Å². The molecule has 1 aromatic rings. The Morgan fingerprint density at radius 1 is 1.45 bits per heavy atom. The van der Waals surface area contributed by atoms with Gasteiger partial charge < -0.3 is 10.1 Å². The fourth-order valence-corrected chi connectivity index (χ4v) is 2.25. The molecule has 0 saturated carbocycles. The number of anilines is 1. The Morgan fingerprint density at radius 2 is 2.20 bits per heavy atom. The van der Waals surface area contributed by atoms with Gasteiger partial charge in [0.1, 0.15) is 6.07 Å². The van der Waals surface area contributed by atoms with Crippen molar-refractivity contribution >= 4 is 5.69 Å². The molecule has 2 atom stereocenters. The Kier molecular flexibility index (Phi) is 4.19. The second-order valence-electron chi connectivity index (χ2n) is 4.88. The molecule has 108 valence electrons. The van der Waals surface area contributed by atoms with Crippen molar-refractivity contribution in [2.45, 2.75) is 25.6 Å². The maximum Gasteiger partial charge on any atom is 0.416 e. The minimum atomic E-state index is -4.43. The van der Waals surface area contributed by atoms with Gasteiger partial charge in [-0.05, 0) is 31.5 Å². The molecule has 2 unspecified atom stereocenters. The standard InChI is InChI=1S/C14H15F3N2O/c1-9-10(4-5-20-9)8-19-13-3-2-12(14(15,16)17)6-11(13)7-18/h2-3,6,9-10,19H,4-5,8H2,1H3. The minimum absolute atomic E-state index is 0.00592. The van der Waals surface area contributed by atoms with Gasteiger partial charge in [0.05, 0.1) is 22.9 Å². The summed E-state index contributed by atoms with van der Waals surface area (Å²) >= 11 is 0. The van der Waals surface area contributed by atoms with Crippen molar-refractivity contribution in [3.8, 4) is 6.07 Å². The maximum absolute atomic E-state index is 12.6. The van der Waals surface area contributed by atoms with Gasteiger partial charge >= 0.3 is 6.18 Å². The van der Waals surface area contributed by atoms with Crippen LogP contribution in [0.2, 0.25) is 0 Å². The van der Waals surface area contributed by atoms with Crippen LogP contribution in [0.15, 0.2) is 18.2 Å². The van der Waals surface area contributed by atoms with Gasteiger partial charge in [0.25, 0.3) is 0 Å². The topological polar surface area (TPSA) is 45.0 Å². The van der Waals surface area contributed by atoms with Gasteiger partial charge in [0.15, 0.2) is 0 Å². The van der Waals surface area contributed by atoms with Crippen LogP contribution < -0.4 is 5.32 Å². The van der Waals surface area contributed by atoms with Gasteiger partial charge in [-0.1, -0.05) is 0 Å². The van der Waals surface area contributed by atoms with E-state index in [0.29, 0.717) is 24.8 Å². The lowest BCUT2D eigenvalue weighted by Gasteiger charge is -2.17. The van der Waals surface area contributed by atoms with Crippen LogP contribution in [-0.4, -0.2) is 19.3 Å². The lowest BCUT2D eigenvalue weighted by atomic mass is 10.0. The smallest absolute Gasteiger partial charge is 0.384 e. The fraction of sp³-hybridized carbons (Fsp3) is 0.500. The second-order valence-corrected chi connectivity index (χ2v) is 4.88. The zero-order valence-electron chi connectivity index (χ0n) is 11.0. The average molecular weight is 284 g/mol. The molecule has 1 fully saturated rings. The quantitative estimate of drug-likeness (QED) is 0.925. The van der Waals surface area contributed by atoms with Crippen LogP contribution in [0.5, 0.6) is 0 Å². The Hall–Kier alpha value is -1.74. The number of rotatable bonds is 3. The predicted molar refractivity (Wildman–Crippen MR) is 68.2 cm³/mol. The van der Waals surface area contributed by atoms with Crippen LogP contribution in [0.25, 0.3) is 0 Å². The number of hydrogen-bond acceptors (Lipinski definition) is 3. The molecule has 1 aliphatic rings. The largest absolute Gasteiger partial charge is 0.416 e.